The van der Waals surface area contributed by atoms with Crippen LogP contribution in [0.2, 0.25) is 0 Å². The number of unbranched alkanes of at least 4 members (excludes halogenated alkanes) is 5. The Labute approximate surface area is 176 Å². The molecule has 3 rings (SSSR count). The highest BCUT2D eigenvalue weighted by Gasteiger charge is 2.16. The van der Waals surface area contributed by atoms with E-state index in [-0.39, 0.29) is 5.97 Å². The van der Waals surface area contributed by atoms with E-state index in [2.05, 4.69) is 31.2 Å². The van der Waals surface area contributed by atoms with Crippen LogP contribution in [0, 0.1) is 0 Å². The molecule has 1 saturated carbocycles. The predicted octanol–water partition coefficient (Wildman–Crippen LogP) is 7.86. The summed E-state index contributed by atoms with van der Waals surface area (Å²) in [5.74, 6) is 1.03. The number of benzene rings is 2. The molecule has 0 saturated heterocycles. The number of esters is 1. The van der Waals surface area contributed by atoms with Gasteiger partial charge in [0.1, 0.15) is 5.75 Å². The van der Waals surface area contributed by atoms with Crippen molar-refractivity contribution in [3.63, 3.8) is 0 Å². The van der Waals surface area contributed by atoms with Crippen LogP contribution in [0.5, 0.6) is 5.75 Å². The highest BCUT2D eigenvalue weighted by molar-refractivity contribution is 5.91. The van der Waals surface area contributed by atoms with Crippen molar-refractivity contribution < 1.29 is 9.53 Å². The number of hydrogen-bond donors (Lipinski definition) is 0. The van der Waals surface area contributed by atoms with Gasteiger partial charge in [0.15, 0.2) is 0 Å². The first-order valence-electron chi connectivity index (χ1n) is 11.7. The van der Waals surface area contributed by atoms with Crippen molar-refractivity contribution in [2.24, 2.45) is 0 Å². The number of carbonyl (C=O) groups is 1. The van der Waals surface area contributed by atoms with Gasteiger partial charge in [0.2, 0.25) is 0 Å². The van der Waals surface area contributed by atoms with E-state index in [9.17, 15) is 4.79 Å². The van der Waals surface area contributed by atoms with Gasteiger partial charge in [0, 0.05) is 0 Å². The van der Waals surface area contributed by atoms with Gasteiger partial charge >= 0.3 is 5.97 Å². The Kier molecular flexibility index (Phi) is 8.80. The molecule has 0 aliphatic heterocycles. The fourth-order valence-corrected chi connectivity index (χ4v) is 4.33. The number of hydrogen-bond acceptors (Lipinski definition) is 2. The van der Waals surface area contributed by atoms with E-state index in [0.29, 0.717) is 17.2 Å². The summed E-state index contributed by atoms with van der Waals surface area (Å²) < 4.78 is 5.58. The van der Waals surface area contributed by atoms with Crippen LogP contribution < -0.4 is 4.74 Å². The summed E-state index contributed by atoms with van der Waals surface area (Å²) in [5.41, 5.74) is 3.30. The molecule has 0 N–H and O–H groups in total. The van der Waals surface area contributed by atoms with Crippen molar-refractivity contribution in [3.05, 3.63) is 65.2 Å². The van der Waals surface area contributed by atoms with Crippen LogP contribution >= 0.6 is 0 Å². The Morgan fingerprint density at radius 2 is 1.48 bits per heavy atom. The summed E-state index contributed by atoms with van der Waals surface area (Å²) >= 11 is 0. The van der Waals surface area contributed by atoms with Gasteiger partial charge < -0.3 is 4.74 Å². The lowest BCUT2D eigenvalue weighted by molar-refractivity contribution is 0.0734. The van der Waals surface area contributed by atoms with Crippen LogP contribution in [-0.2, 0) is 6.42 Å². The summed E-state index contributed by atoms with van der Waals surface area (Å²) in [6.45, 7) is 2.25. The quantitative estimate of drug-likeness (QED) is 0.234. The molecule has 0 spiro atoms. The summed E-state index contributed by atoms with van der Waals surface area (Å²) in [5, 5.41) is 0. The summed E-state index contributed by atoms with van der Waals surface area (Å²) in [7, 11) is 0. The van der Waals surface area contributed by atoms with Crippen LogP contribution in [0.3, 0.4) is 0 Å². The van der Waals surface area contributed by atoms with E-state index in [0.717, 1.165) is 6.42 Å². The molecule has 0 heterocycles. The average molecular weight is 393 g/mol. The minimum Gasteiger partial charge on any atom is -0.423 e. The maximum Gasteiger partial charge on any atom is 0.343 e. The zero-order valence-electron chi connectivity index (χ0n) is 18.0. The molecule has 2 heteroatoms. The smallest absolute Gasteiger partial charge is 0.343 e. The summed E-state index contributed by atoms with van der Waals surface area (Å²) in [4.78, 5) is 12.5. The normalized spacial score (nSPS) is 14.7. The molecular formula is C27H36O2. The largest absolute Gasteiger partial charge is 0.423 e. The molecule has 0 radical (unpaired) electrons. The van der Waals surface area contributed by atoms with Gasteiger partial charge in [0.05, 0.1) is 5.56 Å². The molecular weight excluding hydrogens is 356 g/mol. The van der Waals surface area contributed by atoms with E-state index in [1.165, 1.54) is 81.8 Å². The van der Waals surface area contributed by atoms with Crippen LogP contribution in [0.1, 0.15) is 105 Å². The molecule has 29 heavy (non-hydrogen) atoms. The molecule has 0 atom stereocenters. The molecule has 156 valence electrons. The fraction of sp³-hybridized carbons (Fsp3) is 0.519. The molecule has 2 nitrogen and oxygen atoms in total. The molecule has 0 amide bonds. The summed E-state index contributed by atoms with van der Waals surface area (Å²) in [6, 6.07) is 16.0. The lowest BCUT2D eigenvalue weighted by Crippen LogP contribution is -2.09. The van der Waals surface area contributed by atoms with Crippen molar-refractivity contribution in [1.82, 2.24) is 0 Å². The Hall–Kier alpha value is -2.09. The first-order chi connectivity index (χ1) is 14.3. The SMILES string of the molecule is CCCCCCCCc1ccc(C(=O)Oc2ccc(C3CCCCC3)cc2)cc1. The van der Waals surface area contributed by atoms with Crippen molar-refractivity contribution in [2.75, 3.05) is 0 Å². The monoisotopic (exact) mass is 392 g/mol. The van der Waals surface area contributed by atoms with Crippen LogP contribution in [-0.4, -0.2) is 5.97 Å². The van der Waals surface area contributed by atoms with Crippen molar-refractivity contribution in [3.8, 4) is 5.75 Å². The minimum absolute atomic E-state index is 0.276. The standard InChI is InChI=1S/C27H36O2/c1-2-3-4-5-6-8-11-22-14-16-25(17-15-22)27(28)29-26-20-18-24(19-21-26)23-12-9-7-10-13-23/h14-21,23H,2-13H2,1H3. The first kappa shape index (κ1) is 21.6. The lowest BCUT2D eigenvalue weighted by Gasteiger charge is -2.22. The second-order valence-electron chi connectivity index (χ2n) is 8.51. The zero-order valence-corrected chi connectivity index (χ0v) is 18.0. The maximum atomic E-state index is 12.5. The third-order valence-corrected chi connectivity index (χ3v) is 6.18. The number of rotatable bonds is 10. The van der Waals surface area contributed by atoms with Gasteiger partial charge in [-0.05, 0) is 67.0 Å². The van der Waals surface area contributed by atoms with E-state index in [1.807, 2.05) is 24.3 Å². The minimum atomic E-state index is -0.276. The number of aryl methyl sites for hydroxylation is 1. The van der Waals surface area contributed by atoms with E-state index in [4.69, 9.17) is 4.74 Å². The average Bonchev–Trinajstić information content (AvgIpc) is 2.78. The molecule has 1 aliphatic carbocycles. The lowest BCUT2D eigenvalue weighted by atomic mass is 9.84. The molecule has 0 bridgehead atoms. The molecule has 1 fully saturated rings. The van der Waals surface area contributed by atoms with Gasteiger partial charge in [-0.15, -0.1) is 0 Å². The predicted molar refractivity (Wildman–Crippen MR) is 121 cm³/mol. The van der Waals surface area contributed by atoms with Gasteiger partial charge in [0.25, 0.3) is 0 Å². The Morgan fingerprint density at radius 1 is 0.828 bits per heavy atom. The number of carbonyl (C=O) groups excluding carboxylic acids is 1. The highest BCUT2D eigenvalue weighted by atomic mass is 16.5. The molecule has 0 aromatic heterocycles. The maximum absolute atomic E-state index is 12.5. The van der Waals surface area contributed by atoms with Crippen molar-refractivity contribution in [2.45, 2.75) is 89.9 Å². The van der Waals surface area contributed by atoms with Gasteiger partial charge in [-0.1, -0.05) is 82.6 Å². The molecule has 2 aromatic carbocycles. The third kappa shape index (κ3) is 7.03. The topological polar surface area (TPSA) is 26.3 Å². The second-order valence-corrected chi connectivity index (χ2v) is 8.51. The summed E-state index contributed by atoms with van der Waals surface area (Å²) in [6.07, 6.45) is 15.5. The van der Waals surface area contributed by atoms with Crippen LogP contribution in [0.4, 0.5) is 0 Å². The van der Waals surface area contributed by atoms with Gasteiger partial charge in [-0.3, -0.25) is 0 Å². The molecule has 2 aromatic rings. The highest BCUT2D eigenvalue weighted by Crippen LogP contribution is 2.33. The fourth-order valence-electron chi connectivity index (χ4n) is 4.33. The Bertz CT molecular complexity index is 724. The second kappa shape index (κ2) is 11.8. The third-order valence-electron chi connectivity index (χ3n) is 6.18. The first-order valence-corrected chi connectivity index (χ1v) is 11.7. The van der Waals surface area contributed by atoms with E-state index < -0.39 is 0 Å². The van der Waals surface area contributed by atoms with E-state index >= 15 is 0 Å². The van der Waals surface area contributed by atoms with Crippen LogP contribution in [0.25, 0.3) is 0 Å². The van der Waals surface area contributed by atoms with Crippen molar-refractivity contribution in [1.29, 1.82) is 0 Å². The van der Waals surface area contributed by atoms with E-state index in [1.54, 1.807) is 0 Å². The van der Waals surface area contributed by atoms with Crippen molar-refractivity contribution >= 4 is 5.97 Å². The molecule has 1 aliphatic rings. The number of ether oxygens (including phenoxy) is 1. The van der Waals surface area contributed by atoms with Gasteiger partial charge in [-0.2, -0.15) is 0 Å². The Morgan fingerprint density at radius 3 is 2.17 bits per heavy atom. The Balaban J connectivity index is 1.45. The molecule has 0 unspecified atom stereocenters. The van der Waals surface area contributed by atoms with Gasteiger partial charge in [-0.25, -0.2) is 4.79 Å². The zero-order chi connectivity index (χ0) is 20.3. The van der Waals surface area contributed by atoms with Crippen LogP contribution in [0.15, 0.2) is 48.5 Å².